The van der Waals surface area contributed by atoms with E-state index in [1.165, 1.54) is 6.92 Å². The van der Waals surface area contributed by atoms with Gasteiger partial charge >= 0.3 is 18.1 Å². The van der Waals surface area contributed by atoms with E-state index in [2.05, 4.69) is 16.6 Å². The van der Waals surface area contributed by atoms with Crippen molar-refractivity contribution >= 4 is 29.7 Å². The fraction of sp³-hybridized carbons (Fsp3) is 0.632. The fourth-order valence-corrected chi connectivity index (χ4v) is 1.81. The van der Waals surface area contributed by atoms with Gasteiger partial charge in [-0.25, -0.2) is 4.79 Å². The lowest BCUT2D eigenvalue weighted by atomic mass is 10.2. The topological polar surface area (TPSA) is 88.1 Å². The lowest BCUT2D eigenvalue weighted by Crippen LogP contribution is -2.27. The zero-order valence-electron chi connectivity index (χ0n) is 15.4. The summed E-state index contributed by atoms with van der Waals surface area (Å²) in [6.07, 6.45) is 11.6. The number of esters is 2. The third kappa shape index (κ3) is 15.6. The number of rotatable bonds is 13. The zero-order valence-corrected chi connectivity index (χ0v) is 16.2. The Morgan fingerprint density at radius 3 is 1.74 bits per heavy atom. The number of alkyl halides is 1. The lowest BCUT2D eigenvalue weighted by Gasteiger charge is -2.17. The molecule has 0 amide bonds. The highest BCUT2D eigenvalue weighted by molar-refractivity contribution is 6.19. The highest BCUT2D eigenvalue weighted by Gasteiger charge is 2.18. The Kier molecular flexibility index (Phi) is 14.4. The Balaban J connectivity index is 4.41. The fourth-order valence-electron chi connectivity index (χ4n) is 1.73. The van der Waals surface area contributed by atoms with Crippen LogP contribution in [0.1, 0.15) is 45.4 Å². The van der Waals surface area contributed by atoms with Crippen LogP contribution < -0.4 is 0 Å². The molecule has 0 rings (SSSR count). The van der Waals surface area contributed by atoms with Crippen molar-refractivity contribution in [1.29, 1.82) is 0 Å². The molecule has 0 aromatic heterocycles. The van der Waals surface area contributed by atoms with E-state index in [1.807, 2.05) is 0 Å². The third-order valence-corrected chi connectivity index (χ3v) is 3.15. The molecule has 0 spiro atoms. The molecule has 0 saturated heterocycles. The minimum atomic E-state index is -0.969. The summed E-state index contributed by atoms with van der Waals surface area (Å²) in [5, 5.41) is 0. The Hall–Kier alpha value is -2.38. The van der Waals surface area contributed by atoms with Crippen LogP contribution in [-0.2, 0) is 28.5 Å². The molecule has 0 radical (unpaired) electrons. The number of ether oxygens (including phenoxy) is 4. The number of terminal acetylenes is 2. The molecule has 0 aromatic carbocycles. The van der Waals surface area contributed by atoms with Crippen LogP contribution in [0.25, 0.3) is 0 Å². The summed E-state index contributed by atoms with van der Waals surface area (Å²) < 4.78 is 19.8. The highest BCUT2D eigenvalue weighted by atomic mass is 35.5. The van der Waals surface area contributed by atoms with Crippen LogP contribution in [0, 0.1) is 30.6 Å². The van der Waals surface area contributed by atoms with Gasteiger partial charge in [-0.05, 0) is 19.8 Å². The van der Waals surface area contributed by atoms with Gasteiger partial charge in [-0.15, -0.1) is 24.7 Å². The van der Waals surface area contributed by atoms with Gasteiger partial charge < -0.3 is 18.9 Å². The number of carbonyl (C=O) groups is 3. The van der Waals surface area contributed by atoms with Crippen LogP contribution in [0.15, 0.2) is 0 Å². The normalized spacial score (nSPS) is 11.0. The maximum absolute atomic E-state index is 11.7. The van der Waals surface area contributed by atoms with Gasteiger partial charge in [0.1, 0.15) is 19.8 Å². The van der Waals surface area contributed by atoms with Crippen LogP contribution in [0.2, 0.25) is 0 Å². The minimum absolute atomic E-state index is 0.0871. The van der Waals surface area contributed by atoms with E-state index in [1.54, 1.807) is 0 Å². The second-order valence-electron chi connectivity index (χ2n) is 5.57. The molecule has 0 aliphatic carbocycles. The molecular weight excluding hydrogens is 376 g/mol. The van der Waals surface area contributed by atoms with E-state index in [0.717, 1.165) is 0 Å². The molecular formula is C19H25ClO7. The zero-order chi connectivity index (χ0) is 20.5. The van der Waals surface area contributed by atoms with Crippen molar-refractivity contribution in [3.05, 3.63) is 0 Å². The van der Waals surface area contributed by atoms with Crippen LogP contribution in [0.3, 0.4) is 0 Å². The van der Waals surface area contributed by atoms with Crippen LogP contribution in [0.4, 0.5) is 4.79 Å². The highest BCUT2D eigenvalue weighted by Crippen LogP contribution is 2.07. The van der Waals surface area contributed by atoms with Gasteiger partial charge in [-0.1, -0.05) is 11.6 Å². The number of unbranched alkanes of at least 4 members (excludes halogenated alkanes) is 2. The van der Waals surface area contributed by atoms with Crippen molar-refractivity contribution in [3.8, 4) is 24.7 Å². The van der Waals surface area contributed by atoms with E-state index in [9.17, 15) is 14.4 Å². The number of hydrogen-bond acceptors (Lipinski definition) is 7. The molecule has 0 bridgehead atoms. The molecule has 8 heteroatoms. The van der Waals surface area contributed by atoms with Crippen molar-refractivity contribution in [2.75, 3.05) is 19.8 Å². The van der Waals surface area contributed by atoms with Crippen LogP contribution >= 0.6 is 11.6 Å². The maximum Gasteiger partial charge on any atom is 0.509 e. The molecule has 7 nitrogen and oxygen atoms in total. The predicted molar refractivity (Wildman–Crippen MR) is 98.5 cm³/mol. The Morgan fingerprint density at radius 2 is 1.33 bits per heavy atom. The standard InChI is InChI=1S/C19H25ClO7/c1-4-6-8-10-17(21)24-12-16(14-26-19(23)27-15(3)20)13-25-18(22)11-9-7-5-2/h1-2,15-16H,6-14H2,3H3. The van der Waals surface area contributed by atoms with Gasteiger partial charge in [0, 0.05) is 25.7 Å². The first-order valence-corrected chi connectivity index (χ1v) is 8.98. The average Bonchev–Trinajstić information content (AvgIpc) is 2.60. The smallest absolute Gasteiger partial charge is 0.465 e. The first kappa shape index (κ1) is 24.6. The molecule has 0 aliphatic rings. The molecule has 150 valence electrons. The third-order valence-electron chi connectivity index (χ3n) is 3.06. The SMILES string of the molecule is C#CCCCC(=O)OCC(COC(=O)CCCC#C)COC(=O)OC(C)Cl. The molecule has 0 saturated carbocycles. The van der Waals surface area contributed by atoms with E-state index in [0.29, 0.717) is 25.7 Å². The molecule has 1 atom stereocenters. The number of halogens is 1. The first-order chi connectivity index (χ1) is 12.9. The molecule has 0 N–H and O–H groups in total. The largest absolute Gasteiger partial charge is 0.509 e. The Morgan fingerprint density at radius 1 is 0.889 bits per heavy atom. The maximum atomic E-state index is 11.7. The monoisotopic (exact) mass is 400 g/mol. The minimum Gasteiger partial charge on any atom is -0.465 e. The molecule has 0 fully saturated rings. The van der Waals surface area contributed by atoms with Crippen molar-refractivity contribution in [2.24, 2.45) is 5.92 Å². The molecule has 0 heterocycles. The van der Waals surface area contributed by atoms with Crippen LogP contribution in [-0.4, -0.2) is 43.5 Å². The van der Waals surface area contributed by atoms with Gasteiger partial charge in [0.2, 0.25) is 0 Å². The summed E-state index contributed by atoms with van der Waals surface area (Å²) in [6.45, 7) is 1.11. The summed E-state index contributed by atoms with van der Waals surface area (Å²) in [5.74, 6) is 3.44. The van der Waals surface area contributed by atoms with Crippen molar-refractivity contribution < 1.29 is 33.3 Å². The predicted octanol–water partition coefficient (Wildman–Crippen LogP) is 3.03. The van der Waals surface area contributed by atoms with Gasteiger partial charge in [-0.3, -0.25) is 9.59 Å². The Labute approximate surface area is 165 Å². The average molecular weight is 401 g/mol. The van der Waals surface area contributed by atoms with Gasteiger partial charge in [0.15, 0.2) is 5.56 Å². The van der Waals surface area contributed by atoms with E-state index in [-0.39, 0.29) is 32.7 Å². The number of carbonyl (C=O) groups excluding carboxylic acids is 3. The summed E-state index contributed by atoms with van der Waals surface area (Å²) in [4.78, 5) is 34.7. The molecule has 27 heavy (non-hydrogen) atoms. The molecule has 0 aliphatic heterocycles. The number of hydrogen-bond donors (Lipinski definition) is 0. The van der Waals surface area contributed by atoms with E-state index in [4.69, 9.17) is 38.7 Å². The Bertz CT molecular complexity index is 509. The summed E-state index contributed by atoms with van der Waals surface area (Å²) >= 11 is 5.52. The second kappa shape index (κ2) is 15.8. The summed E-state index contributed by atoms with van der Waals surface area (Å²) in [7, 11) is 0. The molecule has 0 aromatic rings. The van der Waals surface area contributed by atoms with Crippen LogP contribution in [0.5, 0.6) is 0 Å². The second-order valence-corrected chi connectivity index (χ2v) is 6.18. The van der Waals surface area contributed by atoms with Gasteiger partial charge in [0.05, 0.1) is 5.92 Å². The lowest BCUT2D eigenvalue weighted by molar-refractivity contribution is -0.150. The quantitative estimate of drug-likeness (QED) is 0.154. The molecule has 1 unspecified atom stereocenters. The summed E-state index contributed by atoms with van der Waals surface area (Å²) in [5.41, 5.74) is -0.848. The van der Waals surface area contributed by atoms with E-state index >= 15 is 0 Å². The van der Waals surface area contributed by atoms with Crippen molar-refractivity contribution in [3.63, 3.8) is 0 Å². The first-order valence-electron chi connectivity index (χ1n) is 8.54. The summed E-state index contributed by atoms with van der Waals surface area (Å²) in [6, 6.07) is 0. The van der Waals surface area contributed by atoms with Gasteiger partial charge in [-0.2, -0.15) is 0 Å². The van der Waals surface area contributed by atoms with Crippen molar-refractivity contribution in [2.45, 2.75) is 51.0 Å². The van der Waals surface area contributed by atoms with Gasteiger partial charge in [0.25, 0.3) is 0 Å². The van der Waals surface area contributed by atoms with E-state index < -0.39 is 29.6 Å². The van der Waals surface area contributed by atoms with Crippen molar-refractivity contribution in [1.82, 2.24) is 0 Å².